The fourth-order valence-electron chi connectivity index (χ4n) is 1.88. The summed E-state index contributed by atoms with van der Waals surface area (Å²) in [6, 6.07) is 2.34. The van der Waals surface area contributed by atoms with Gasteiger partial charge in [0.2, 0.25) is 0 Å². The topological polar surface area (TPSA) is 42.3 Å². The van der Waals surface area contributed by atoms with Gasteiger partial charge in [0.25, 0.3) is 0 Å². The van der Waals surface area contributed by atoms with Gasteiger partial charge < -0.3 is 10.2 Å². The third-order valence-corrected chi connectivity index (χ3v) is 3.15. The molecule has 1 aliphatic rings. The molecular weight excluding hydrogens is 188 g/mol. The third-order valence-electron chi connectivity index (χ3n) is 3.15. The first kappa shape index (κ1) is 12.4. The molecule has 0 aliphatic carbocycles. The quantitative estimate of drug-likeness (QED) is 0.719. The van der Waals surface area contributed by atoms with Crippen molar-refractivity contribution in [3.05, 3.63) is 0 Å². The Kier molecular flexibility index (Phi) is 4.52. The summed E-state index contributed by atoms with van der Waals surface area (Å²) in [6.45, 7) is 7.21. The number of nitrogens with one attached hydrogen (secondary N) is 1. The van der Waals surface area contributed by atoms with Crippen LogP contribution in [0.3, 0.4) is 0 Å². The predicted octanol–water partition coefficient (Wildman–Crippen LogP) is 0.126. The lowest BCUT2D eigenvalue weighted by molar-refractivity contribution is 0.230. The van der Waals surface area contributed by atoms with Gasteiger partial charge in [-0.1, -0.05) is 0 Å². The Hall–Kier alpha value is -0.630. The maximum atomic E-state index is 9.09. The highest BCUT2D eigenvalue weighted by atomic mass is 15.2. The number of rotatable bonds is 3. The number of hydrogen-bond donors (Lipinski definition) is 1. The molecule has 0 aromatic heterocycles. The van der Waals surface area contributed by atoms with E-state index >= 15 is 0 Å². The first-order chi connectivity index (χ1) is 7.09. The van der Waals surface area contributed by atoms with E-state index in [0.29, 0.717) is 0 Å². The molecule has 1 fully saturated rings. The second-order valence-electron chi connectivity index (χ2n) is 4.63. The Balaban J connectivity index is 2.47. The molecule has 1 unspecified atom stereocenters. The molecule has 86 valence electrons. The summed E-state index contributed by atoms with van der Waals surface area (Å²) in [5.74, 6) is 0. The van der Waals surface area contributed by atoms with Gasteiger partial charge in [-0.15, -0.1) is 0 Å². The van der Waals surface area contributed by atoms with Crippen LogP contribution in [0, 0.1) is 11.3 Å². The highest BCUT2D eigenvalue weighted by molar-refractivity contribution is 5.05. The van der Waals surface area contributed by atoms with Crippen LogP contribution in [-0.4, -0.2) is 62.2 Å². The highest BCUT2D eigenvalue weighted by Crippen LogP contribution is 2.08. The summed E-state index contributed by atoms with van der Waals surface area (Å²) in [6.07, 6.45) is 1.20. The summed E-state index contributed by atoms with van der Waals surface area (Å²) in [5.41, 5.74) is -0.414. The molecule has 0 aromatic rings. The second kappa shape index (κ2) is 5.45. The van der Waals surface area contributed by atoms with Gasteiger partial charge in [0.05, 0.1) is 6.07 Å². The molecule has 1 heterocycles. The van der Waals surface area contributed by atoms with Crippen LogP contribution in [0.4, 0.5) is 0 Å². The molecular formula is C11H22N4. The third kappa shape index (κ3) is 3.78. The van der Waals surface area contributed by atoms with Crippen LogP contribution in [0.1, 0.15) is 13.3 Å². The molecule has 1 atom stereocenters. The lowest BCUT2D eigenvalue weighted by Crippen LogP contribution is -2.49. The predicted molar refractivity (Wildman–Crippen MR) is 61.6 cm³/mol. The molecule has 0 spiro atoms. The number of hydrogen-bond acceptors (Lipinski definition) is 4. The summed E-state index contributed by atoms with van der Waals surface area (Å²) in [7, 11) is 4.01. The Labute approximate surface area is 92.8 Å². The van der Waals surface area contributed by atoms with Crippen molar-refractivity contribution < 1.29 is 0 Å². The molecule has 0 aromatic carbocycles. The minimum atomic E-state index is -0.414. The van der Waals surface area contributed by atoms with Crippen molar-refractivity contribution in [2.45, 2.75) is 18.9 Å². The van der Waals surface area contributed by atoms with Crippen LogP contribution < -0.4 is 5.32 Å². The van der Waals surface area contributed by atoms with E-state index in [0.717, 1.165) is 26.2 Å². The smallest absolute Gasteiger partial charge is 0.116 e. The van der Waals surface area contributed by atoms with E-state index in [1.54, 1.807) is 0 Å². The van der Waals surface area contributed by atoms with Gasteiger partial charge in [0.15, 0.2) is 0 Å². The minimum absolute atomic E-state index is 0.414. The standard InChI is InChI=1S/C11H22N4/c1-11(9-12,13-2)10-15-6-4-5-14(3)7-8-15/h13H,4-8,10H2,1-3H3. The van der Waals surface area contributed by atoms with Crippen molar-refractivity contribution in [2.75, 3.05) is 46.8 Å². The maximum absolute atomic E-state index is 9.09. The lowest BCUT2D eigenvalue weighted by atomic mass is 10.0. The van der Waals surface area contributed by atoms with Crippen molar-refractivity contribution in [3.8, 4) is 6.07 Å². The van der Waals surface area contributed by atoms with Crippen LogP contribution in [0.15, 0.2) is 0 Å². The molecule has 0 saturated carbocycles. The Morgan fingerprint density at radius 1 is 1.33 bits per heavy atom. The average Bonchev–Trinajstić information content (AvgIpc) is 2.44. The molecule has 1 aliphatic heterocycles. The van der Waals surface area contributed by atoms with E-state index in [2.05, 4.69) is 28.2 Å². The van der Waals surface area contributed by atoms with Crippen molar-refractivity contribution in [3.63, 3.8) is 0 Å². The van der Waals surface area contributed by atoms with Gasteiger partial charge in [-0.3, -0.25) is 4.90 Å². The fraction of sp³-hybridized carbons (Fsp3) is 0.909. The van der Waals surface area contributed by atoms with Crippen LogP contribution in [-0.2, 0) is 0 Å². The first-order valence-electron chi connectivity index (χ1n) is 5.61. The monoisotopic (exact) mass is 210 g/mol. The SMILES string of the molecule is CNC(C)(C#N)CN1CCCN(C)CC1. The molecule has 1 N–H and O–H groups in total. The zero-order valence-electron chi connectivity index (χ0n) is 10.1. The number of nitriles is 1. The molecule has 15 heavy (non-hydrogen) atoms. The van der Waals surface area contributed by atoms with Crippen LogP contribution in [0.2, 0.25) is 0 Å². The van der Waals surface area contributed by atoms with E-state index in [1.807, 2.05) is 14.0 Å². The molecule has 0 amide bonds. The van der Waals surface area contributed by atoms with Crippen LogP contribution >= 0.6 is 0 Å². The van der Waals surface area contributed by atoms with Gasteiger partial charge >= 0.3 is 0 Å². The minimum Gasteiger partial charge on any atom is -0.305 e. The fourth-order valence-corrected chi connectivity index (χ4v) is 1.88. The summed E-state index contributed by atoms with van der Waals surface area (Å²) < 4.78 is 0. The van der Waals surface area contributed by atoms with Crippen molar-refractivity contribution in [2.24, 2.45) is 0 Å². The normalized spacial score (nSPS) is 24.1. The molecule has 4 nitrogen and oxygen atoms in total. The summed E-state index contributed by atoms with van der Waals surface area (Å²) in [4.78, 5) is 4.73. The van der Waals surface area contributed by atoms with Gasteiger partial charge in [0.1, 0.15) is 5.54 Å². The second-order valence-corrected chi connectivity index (χ2v) is 4.63. The van der Waals surface area contributed by atoms with E-state index in [-0.39, 0.29) is 0 Å². The van der Waals surface area contributed by atoms with Crippen LogP contribution in [0.25, 0.3) is 0 Å². The first-order valence-corrected chi connectivity index (χ1v) is 5.61. The number of likely N-dealkylation sites (N-methyl/N-ethyl adjacent to an activating group) is 2. The van der Waals surface area contributed by atoms with E-state index in [4.69, 9.17) is 5.26 Å². The maximum Gasteiger partial charge on any atom is 0.116 e. The zero-order valence-corrected chi connectivity index (χ0v) is 10.1. The Bertz CT molecular complexity index is 235. The Morgan fingerprint density at radius 2 is 2.07 bits per heavy atom. The highest BCUT2D eigenvalue weighted by Gasteiger charge is 2.25. The lowest BCUT2D eigenvalue weighted by Gasteiger charge is -2.29. The Morgan fingerprint density at radius 3 is 2.67 bits per heavy atom. The number of nitrogens with zero attached hydrogens (tertiary/aromatic N) is 3. The molecule has 1 rings (SSSR count). The van der Waals surface area contributed by atoms with Gasteiger partial charge in [-0.05, 0) is 40.5 Å². The molecule has 1 saturated heterocycles. The summed E-state index contributed by atoms with van der Waals surface area (Å²) in [5, 5.41) is 12.2. The zero-order chi connectivity index (χ0) is 11.3. The van der Waals surface area contributed by atoms with E-state index in [1.165, 1.54) is 13.0 Å². The molecule has 0 bridgehead atoms. The largest absolute Gasteiger partial charge is 0.305 e. The van der Waals surface area contributed by atoms with Gasteiger partial charge in [-0.2, -0.15) is 5.26 Å². The average molecular weight is 210 g/mol. The van der Waals surface area contributed by atoms with Crippen molar-refractivity contribution in [1.29, 1.82) is 5.26 Å². The van der Waals surface area contributed by atoms with Crippen LogP contribution in [0.5, 0.6) is 0 Å². The van der Waals surface area contributed by atoms with E-state index < -0.39 is 5.54 Å². The molecule has 0 radical (unpaired) electrons. The van der Waals surface area contributed by atoms with Crippen molar-refractivity contribution >= 4 is 0 Å². The van der Waals surface area contributed by atoms with Gasteiger partial charge in [0, 0.05) is 19.6 Å². The summed E-state index contributed by atoms with van der Waals surface area (Å²) >= 11 is 0. The van der Waals surface area contributed by atoms with Crippen molar-refractivity contribution in [1.82, 2.24) is 15.1 Å². The molecule has 4 heteroatoms. The van der Waals surface area contributed by atoms with E-state index in [9.17, 15) is 0 Å². The van der Waals surface area contributed by atoms with Gasteiger partial charge in [-0.25, -0.2) is 0 Å².